The zero-order chi connectivity index (χ0) is 24.9. The van der Waals surface area contributed by atoms with E-state index in [4.69, 9.17) is 10.5 Å². The molecule has 0 atom stereocenters. The van der Waals surface area contributed by atoms with E-state index in [9.17, 15) is 4.79 Å². The van der Waals surface area contributed by atoms with E-state index < -0.39 is 0 Å². The average molecular weight is 482 g/mol. The summed E-state index contributed by atoms with van der Waals surface area (Å²) >= 11 is 0. The van der Waals surface area contributed by atoms with Gasteiger partial charge in [0, 0.05) is 24.2 Å². The lowest BCUT2D eigenvalue weighted by atomic mass is 10.00. The van der Waals surface area contributed by atoms with Gasteiger partial charge in [-0.15, -0.1) is 0 Å². The number of nitrogens with one attached hydrogen (secondary N) is 3. The Hall–Kier alpha value is -4.66. The monoisotopic (exact) mass is 481 g/mol. The molecule has 0 saturated carbocycles. The molecule has 0 saturated heterocycles. The number of allylic oxidation sites excluding steroid dienone is 5. The second-order valence-corrected chi connectivity index (χ2v) is 8.53. The third-order valence-corrected chi connectivity index (χ3v) is 6.00. The van der Waals surface area contributed by atoms with Gasteiger partial charge < -0.3 is 26.4 Å². The molecular weight excluding hydrogens is 454 g/mol. The molecule has 9 heteroatoms. The molecule has 5 rings (SSSR count). The Morgan fingerprint density at radius 2 is 1.86 bits per heavy atom. The molecule has 1 heterocycles. The minimum atomic E-state index is -0.224. The summed E-state index contributed by atoms with van der Waals surface area (Å²) in [6.07, 6.45) is 9.54. The average Bonchev–Trinajstić information content (AvgIpc) is 3.31. The largest absolute Gasteiger partial charge is 0.467 e. The zero-order valence-electron chi connectivity index (χ0n) is 19.9. The summed E-state index contributed by atoms with van der Waals surface area (Å²) in [5.74, 6) is 0.590. The van der Waals surface area contributed by atoms with Crippen LogP contribution in [0, 0.1) is 0 Å². The number of aromatic nitrogens is 3. The fourth-order valence-electron chi connectivity index (χ4n) is 4.11. The number of rotatable bonds is 8. The topological polar surface area (TPSA) is 127 Å². The lowest BCUT2D eigenvalue weighted by Gasteiger charge is -2.11. The minimum absolute atomic E-state index is 0.221. The normalized spacial score (nSPS) is 14.2. The van der Waals surface area contributed by atoms with Gasteiger partial charge in [-0.25, -0.2) is 0 Å². The Kier molecular flexibility index (Phi) is 6.61. The molecule has 182 valence electrons. The van der Waals surface area contributed by atoms with Crippen LogP contribution in [0.5, 0.6) is 6.01 Å². The van der Waals surface area contributed by atoms with Gasteiger partial charge in [0.2, 0.25) is 11.9 Å². The van der Waals surface area contributed by atoms with Gasteiger partial charge in [-0.3, -0.25) is 4.79 Å². The van der Waals surface area contributed by atoms with Crippen LogP contribution < -0.4 is 26.4 Å². The predicted molar refractivity (Wildman–Crippen MR) is 141 cm³/mol. The van der Waals surface area contributed by atoms with E-state index in [1.807, 2.05) is 24.3 Å². The van der Waals surface area contributed by atoms with Crippen molar-refractivity contribution in [3.63, 3.8) is 0 Å². The van der Waals surface area contributed by atoms with Gasteiger partial charge in [0.1, 0.15) is 0 Å². The van der Waals surface area contributed by atoms with E-state index in [0.717, 1.165) is 30.5 Å². The van der Waals surface area contributed by atoms with Gasteiger partial charge in [0.25, 0.3) is 5.91 Å². The van der Waals surface area contributed by atoms with E-state index in [0.29, 0.717) is 35.4 Å². The highest BCUT2D eigenvalue weighted by molar-refractivity contribution is 6.05. The number of nitrogen functional groups attached to an aromatic ring is 1. The maximum Gasteiger partial charge on any atom is 0.322 e. The summed E-state index contributed by atoms with van der Waals surface area (Å²) in [6, 6.07) is 14.7. The van der Waals surface area contributed by atoms with E-state index >= 15 is 0 Å². The number of amides is 1. The van der Waals surface area contributed by atoms with Gasteiger partial charge in [0.05, 0.1) is 18.5 Å². The third kappa shape index (κ3) is 5.35. The molecule has 2 aliphatic carbocycles. The van der Waals surface area contributed by atoms with Crippen LogP contribution >= 0.6 is 0 Å². The molecule has 36 heavy (non-hydrogen) atoms. The van der Waals surface area contributed by atoms with Crippen LogP contribution in [0.2, 0.25) is 0 Å². The smallest absolute Gasteiger partial charge is 0.322 e. The van der Waals surface area contributed by atoms with Crippen molar-refractivity contribution >= 4 is 29.2 Å². The number of hydrogen-bond acceptors (Lipinski definition) is 8. The molecule has 2 aliphatic rings. The van der Waals surface area contributed by atoms with Gasteiger partial charge in [-0.2, -0.15) is 15.0 Å². The van der Waals surface area contributed by atoms with Crippen LogP contribution in [0.25, 0.3) is 0 Å². The summed E-state index contributed by atoms with van der Waals surface area (Å²) in [7, 11) is 1.52. The molecule has 0 aliphatic heterocycles. The number of ether oxygens (including phenoxy) is 1. The SMILES string of the molecule is COc1nc(NCc2ccc(C(=O)Nc3ccccc3N)cc2)nc(NC2=CC3=C(CCC=C3)C2)n1. The first-order chi connectivity index (χ1) is 17.6. The number of carbonyl (C=O) groups excluding carboxylic acids is 1. The summed E-state index contributed by atoms with van der Waals surface area (Å²) < 4.78 is 5.27. The molecule has 1 aromatic heterocycles. The Balaban J connectivity index is 1.21. The lowest BCUT2D eigenvalue weighted by molar-refractivity contribution is 0.102. The molecule has 5 N–H and O–H groups in total. The highest BCUT2D eigenvalue weighted by Crippen LogP contribution is 2.32. The first kappa shape index (κ1) is 23.1. The number of nitrogens with zero attached hydrogens (tertiary/aromatic N) is 3. The highest BCUT2D eigenvalue weighted by Gasteiger charge is 2.18. The molecule has 9 nitrogen and oxygen atoms in total. The van der Waals surface area contributed by atoms with Crippen LogP contribution in [0.15, 0.2) is 83.6 Å². The van der Waals surface area contributed by atoms with Gasteiger partial charge in [-0.05, 0) is 54.3 Å². The fraction of sp³-hybridized carbons (Fsp3) is 0.185. The third-order valence-electron chi connectivity index (χ3n) is 6.00. The zero-order valence-corrected chi connectivity index (χ0v) is 19.9. The summed E-state index contributed by atoms with van der Waals surface area (Å²) in [5.41, 5.74) is 12.3. The highest BCUT2D eigenvalue weighted by atomic mass is 16.5. The second-order valence-electron chi connectivity index (χ2n) is 8.53. The van der Waals surface area contributed by atoms with E-state index in [1.165, 1.54) is 18.3 Å². The van der Waals surface area contributed by atoms with Crippen molar-refractivity contribution in [1.82, 2.24) is 15.0 Å². The van der Waals surface area contributed by atoms with Crippen molar-refractivity contribution < 1.29 is 9.53 Å². The Bertz CT molecular complexity index is 1380. The molecule has 0 radical (unpaired) electrons. The van der Waals surface area contributed by atoms with Crippen molar-refractivity contribution in [3.8, 4) is 6.01 Å². The summed E-state index contributed by atoms with van der Waals surface area (Å²) in [6.45, 7) is 0.462. The second kappa shape index (κ2) is 10.3. The number of hydrogen-bond donors (Lipinski definition) is 4. The number of anilines is 4. The Morgan fingerprint density at radius 1 is 1.06 bits per heavy atom. The molecule has 0 fully saturated rings. The van der Waals surface area contributed by atoms with Crippen molar-refractivity contribution in [2.45, 2.75) is 25.8 Å². The van der Waals surface area contributed by atoms with Crippen molar-refractivity contribution in [2.75, 3.05) is 28.8 Å². The van der Waals surface area contributed by atoms with Gasteiger partial charge >= 0.3 is 6.01 Å². The quantitative estimate of drug-likeness (QED) is 0.342. The molecule has 0 spiro atoms. The molecule has 0 bridgehead atoms. The van der Waals surface area contributed by atoms with Crippen LogP contribution in [-0.4, -0.2) is 28.0 Å². The maximum absolute atomic E-state index is 12.5. The number of nitrogens with two attached hydrogens (primary N) is 1. The van der Waals surface area contributed by atoms with E-state index in [-0.39, 0.29) is 11.9 Å². The Morgan fingerprint density at radius 3 is 2.64 bits per heavy atom. The summed E-state index contributed by atoms with van der Waals surface area (Å²) in [5, 5.41) is 9.34. The maximum atomic E-state index is 12.5. The van der Waals surface area contributed by atoms with E-state index in [1.54, 1.807) is 24.3 Å². The van der Waals surface area contributed by atoms with Crippen LogP contribution in [-0.2, 0) is 6.54 Å². The number of carbonyl (C=O) groups is 1. The first-order valence-corrected chi connectivity index (χ1v) is 11.7. The molecular formula is C27H27N7O2. The van der Waals surface area contributed by atoms with Crippen molar-refractivity contribution in [3.05, 3.63) is 94.7 Å². The molecule has 2 aromatic carbocycles. The minimum Gasteiger partial charge on any atom is -0.467 e. The van der Waals surface area contributed by atoms with Crippen molar-refractivity contribution in [1.29, 1.82) is 0 Å². The number of para-hydroxylation sites is 2. The first-order valence-electron chi connectivity index (χ1n) is 11.7. The molecule has 1 amide bonds. The predicted octanol–water partition coefficient (Wildman–Crippen LogP) is 4.67. The van der Waals surface area contributed by atoms with E-state index in [2.05, 4.69) is 49.1 Å². The van der Waals surface area contributed by atoms with Crippen LogP contribution in [0.3, 0.4) is 0 Å². The standard InChI is InChI=1S/C27H27N7O2/c1-36-27-33-25(32-26(34-27)30-21-14-19-6-2-3-7-20(19)15-21)29-16-17-10-12-18(13-11-17)24(35)31-23-9-5-4-8-22(23)28/h2,4-6,8-14H,3,7,15-16,28H2,1H3,(H,31,35)(H2,29,30,32,33,34). The van der Waals surface area contributed by atoms with Gasteiger partial charge in [0.15, 0.2) is 0 Å². The summed E-state index contributed by atoms with van der Waals surface area (Å²) in [4.78, 5) is 25.7. The van der Waals surface area contributed by atoms with Gasteiger partial charge in [-0.1, -0.05) is 42.0 Å². The Labute approximate surface area is 209 Å². The number of methoxy groups -OCH3 is 1. The van der Waals surface area contributed by atoms with Crippen LogP contribution in [0.1, 0.15) is 35.2 Å². The van der Waals surface area contributed by atoms with Crippen LogP contribution in [0.4, 0.5) is 23.3 Å². The molecule has 0 unspecified atom stereocenters. The number of benzene rings is 2. The molecule has 3 aromatic rings. The fourth-order valence-corrected chi connectivity index (χ4v) is 4.11. The lowest BCUT2D eigenvalue weighted by Crippen LogP contribution is -2.13. The van der Waals surface area contributed by atoms with Crippen molar-refractivity contribution in [2.24, 2.45) is 0 Å².